The van der Waals surface area contributed by atoms with Crippen LogP contribution in [-0.2, 0) is 9.59 Å². The molecule has 0 saturated heterocycles. The third kappa shape index (κ3) is 4.70. The van der Waals surface area contributed by atoms with Gasteiger partial charge in [0.2, 0.25) is 5.91 Å². The molecule has 0 atom stereocenters. The number of carboxylic acid groups (broad SMARTS) is 1. The topological polar surface area (TPSA) is 109 Å². The van der Waals surface area contributed by atoms with Crippen LogP contribution in [0.2, 0.25) is 0 Å². The average molecular weight is 374 g/mol. The van der Waals surface area contributed by atoms with Crippen LogP contribution in [0.4, 0.5) is 5.00 Å². The zero-order valence-electron chi connectivity index (χ0n) is 15.0. The van der Waals surface area contributed by atoms with Gasteiger partial charge in [0.05, 0.1) is 12.0 Å². The molecule has 2 rings (SSSR count). The van der Waals surface area contributed by atoms with E-state index in [4.69, 9.17) is 10.8 Å². The van der Waals surface area contributed by atoms with Crippen LogP contribution in [0.1, 0.15) is 41.9 Å². The predicted octanol–water partition coefficient (Wildman–Crippen LogP) is 3.65. The summed E-state index contributed by atoms with van der Waals surface area (Å²) in [6.45, 7) is 5.29. The minimum Gasteiger partial charge on any atom is -0.481 e. The third-order valence-electron chi connectivity index (χ3n) is 3.91. The molecule has 1 aromatic carbocycles. The molecule has 138 valence electrons. The quantitative estimate of drug-likeness (QED) is 0.687. The number of hydrogen-bond donors (Lipinski definition) is 3. The summed E-state index contributed by atoms with van der Waals surface area (Å²) in [6, 6.07) is 9.36. The standard InChI is InChI=1S/C19H22N2O4S/c1-11-15(12-7-5-4-6-8-12)16(17(20)25)18(26-11)21-13(22)9-19(2,3)10-14(23)24/h4-8H,9-10H2,1-3H3,(H2,20,25)(H,21,22)(H,23,24). The van der Waals surface area contributed by atoms with Crippen molar-refractivity contribution in [2.24, 2.45) is 11.1 Å². The number of hydrogen-bond acceptors (Lipinski definition) is 4. The number of nitrogens with two attached hydrogens (primary N) is 1. The largest absolute Gasteiger partial charge is 0.481 e. The van der Waals surface area contributed by atoms with Crippen LogP contribution in [0.3, 0.4) is 0 Å². The first kappa shape index (κ1) is 19.7. The summed E-state index contributed by atoms with van der Waals surface area (Å²) in [5.74, 6) is -1.92. The molecule has 0 bridgehead atoms. The average Bonchev–Trinajstić information content (AvgIpc) is 2.82. The molecule has 6 nitrogen and oxygen atoms in total. The van der Waals surface area contributed by atoms with Crippen molar-refractivity contribution in [3.8, 4) is 11.1 Å². The first-order valence-electron chi connectivity index (χ1n) is 8.11. The Morgan fingerprint density at radius 1 is 1.15 bits per heavy atom. The van der Waals surface area contributed by atoms with Gasteiger partial charge in [-0.25, -0.2) is 0 Å². The third-order valence-corrected chi connectivity index (χ3v) is 4.94. The smallest absolute Gasteiger partial charge is 0.303 e. The fraction of sp³-hybridized carbons (Fsp3) is 0.316. The Labute approximate surface area is 156 Å². The van der Waals surface area contributed by atoms with Crippen molar-refractivity contribution in [3.05, 3.63) is 40.8 Å². The van der Waals surface area contributed by atoms with E-state index >= 15 is 0 Å². The van der Waals surface area contributed by atoms with Gasteiger partial charge in [-0.3, -0.25) is 14.4 Å². The number of rotatable bonds is 7. The van der Waals surface area contributed by atoms with E-state index in [1.54, 1.807) is 13.8 Å². The minimum absolute atomic E-state index is 0.0229. The molecule has 7 heteroatoms. The Hall–Kier alpha value is -2.67. The second-order valence-corrected chi connectivity index (χ2v) is 8.15. The number of carboxylic acids is 1. The van der Waals surface area contributed by atoms with Crippen LogP contribution in [0.25, 0.3) is 11.1 Å². The number of aliphatic carboxylic acids is 1. The highest BCUT2D eigenvalue weighted by molar-refractivity contribution is 7.17. The van der Waals surface area contributed by atoms with Crippen molar-refractivity contribution in [2.45, 2.75) is 33.6 Å². The molecule has 0 unspecified atom stereocenters. The van der Waals surface area contributed by atoms with Crippen LogP contribution in [-0.4, -0.2) is 22.9 Å². The Morgan fingerprint density at radius 2 is 1.77 bits per heavy atom. The lowest BCUT2D eigenvalue weighted by molar-refractivity contribution is -0.139. The predicted molar refractivity (Wildman–Crippen MR) is 102 cm³/mol. The molecule has 2 aromatic rings. The number of anilines is 1. The van der Waals surface area contributed by atoms with Crippen molar-refractivity contribution in [2.75, 3.05) is 5.32 Å². The van der Waals surface area contributed by atoms with E-state index in [0.29, 0.717) is 10.6 Å². The molecule has 2 amide bonds. The number of nitrogens with one attached hydrogen (secondary N) is 1. The zero-order chi connectivity index (χ0) is 19.5. The van der Waals surface area contributed by atoms with Gasteiger partial charge < -0.3 is 16.2 Å². The second kappa shape index (κ2) is 7.70. The van der Waals surface area contributed by atoms with Gasteiger partial charge in [-0.2, -0.15) is 0 Å². The number of carbonyl (C=O) groups excluding carboxylic acids is 2. The number of carbonyl (C=O) groups is 3. The number of amides is 2. The van der Waals surface area contributed by atoms with Gasteiger partial charge in [0.15, 0.2) is 0 Å². The first-order valence-corrected chi connectivity index (χ1v) is 8.92. The summed E-state index contributed by atoms with van der Waals surface area (Å²) in [5, 5.41) is 12.1. The summed E-state index contributed by atoms with van der Waals surface area (Å²) >= 11 is 1.28. The van der Waals surface area contributed by atoms with E-state index in [1.165, 1.54) is 11.3 Å². The Kier molecular flexibility index (Phi) is 5.82. The highest BCUT2D eigenvalue weighted by atomic mass is 32.1. The van der Waals surface area contributed by atoms with Gasteiger partial charge in [-0.15, -0.1) is 11.3 Å². The zero-order valence-corrected chi connectivity index (χ0v) is 15.8. The van der Waals surface area contributed by atoms with E-state index in [2.05, 4.69) is 5.32 Å². The van der Waals surface area contributed by atoms with Crippen molar-refractivity contribution in [1.29, 1.82) is 0 Å². The molecule has 0 fully saturated rings. The summed E-state index contributed by atoms with van der Waals surface area (Å²) in [4.78, 5) is 36.2. The number of primary amides is 1. The van der Waals surface area contributed by atoms with E-state index in [9.17, 15) is 14.4 Å². The lowest BCUT2D eigenvalue weighted by atomic mass is 9.85. The van der Waals surface area contributed by atoms with E-state index in [0.717, 1.165) is 10.4 Å². The Bertz CT molecular complexity index is 841. The number of thiophene rings is 1. The molecule has 4 N–H and O–H groups in total. The van der Waals surface area contributed by atoms with Gasteiger partial charge in [-0.1, -0.05) is 44.2 Å². The van der Waals surface area contributed by atoms with E-state index in [-0.39, 0.29) is 24.3 Å². The maximum absolute atomic E-state index is 12.4. The number of aryl methyl sites for hydroxylation is 1. The molecule has 1 heterocycles. The fourth-order valence-electron chi connectivity index (χ4n) is 2.90. The van der Waals surface area contributed by atoms with Crippen molar-refractivity contribution in [1.82, 2.24) is 0 Å². The molecule has 0 aliphatic carbocycles. The summed E-state index contributed by atoms with van der Waals surface area (Å²) in [6.07, 6.45) is -0.100. The summed E-state index contributed by atoms with van der Waals surface area (Å²) < 4.78 is 0. The van der Waals surface area contributed by atoms with E-state index in [1.807, 2.05) is 37.3 Å². The van der Waals surface area contributed by atoms with Crippen molar-refractivity contribution >= 4 is 34.1 Å². The SMILES string of the molecule is Cc1sc(NC(=O)CC(C)(C)CC(=O)O)c(C(N)=O)c1-c1ccccc1. The highest BCUT2D eigenvalue weighted by Crippen LogP contribution is 2.40. The van der Waals surface area contributed by atoms with Crippen LogP contribution in [0.15, 0.2) is 30.3 Å². The molecule has 26 heavy (non-hydrogen) atoms. The molecule has 1 aromatic heterocycles. The lowest BCUT2D eigenvalue weighted by Crippen LogP contribution is -2.25. The Morgan fingerprint density at radius 3 is 2.31 bits per heavy atom. The molecular formula is C19H22N2O4S. The molecule has 0 radical (unpaired) electrons. The van der Waals surface area contributed by atoms with Gasteiger partial charge in [0.25, 0.3) is 5.91 Å². The minimum atomic E-state index is -0.959. The van der Waals surface area contributed by atoms with Gasteiger partial charge in [-0.05, 0) is 17.9 Å². The fourth-order valence-corrected chi connectivity index (χ4v) is 4.00. The van der Waals surface area contributed by atoms with Crippen LogP contribution in [0, 0.1) is 12.3 Å². The van der Waals surface area contributed by atoms with Gasteiger partial charge >= 0.3 is 5.97 Å². The molecular weight excluding hydrogens is 352 g/mol. The van der Waals surface area contributed by atoms with Crippen molar-refractivity contribution < 1.29 is 19.5 Å². The van der Waals surface area contributed by atoms with Crippen LogP contribution in [0.5, 0.6) is 0 Å². The van der Waals surface area contributed by atoms with Gasteiger partial charge in [0, 0.05) is 16.9 Å². The highest BCUT2D eigenvalue weighted by Gasteiger charge is 2.27. The first-order chi connectivity index (χ1) is 12.1. The monoisotopic (exact) mass is 374 g/mol. The molecule has 0 aliphatic heterocycles. The molecule has 0 spiro atoms. The van der Waals surface area contributed by atoms with Crippen molar-refractivity contribution in [3.63, 3.8) is 0 Å². The van der Waals surface area contributed by atoms with E-state index < -0.39 is 17.3 Å². The summed E-state index contributed by atoms with van der Waals surface area (Å²) in [5.41, 5.74) is 6.72. The van der Waals surface area contributed by atoms with Crippen LogP contribution >= 0.6 is 11.3 Å². The molecule has 0 aliphatic rings. The van der Waals surface area contributed by atoms with Crippen LogP contribution < -0.4 is 11.1 Å². The van der Waals surface area contributed by atoms with Gasteiger partial charge in [0.1, 0.15) is 5.00 Å². The number of benzene rings is 1. The molecule has 0 saturated carbocycles. The maximum Gasteiger partial charge on any atom is 0.303 e. The Balaban J connectivity index is 2.32. The normalized spacial score (nSPS) is 11.2. The lowest BCUT2D eigenvalue weighted by Gasteiger charge is -2.21. The summed E-state index contributed by atoms with van der Waals surface area (Å²) in [7, 11) is 0. The maximum atomic E-state index is 12.4. The second-order valence-electron chi connectivity index (χ2n) is 6.93.